The number of pyridine rings is 1. The van der Waals surface area contributed by atoms with Crippen molar-refractivity contribution in [2.24, 2.45) is 0 Å². The Morgan fingerprint density at radius 2 is 1.90 bits per heavy atom. The highest BCUT2D eigenvalue weighted by Gasteiger charge is 2.20. The van der Waals surface area contributed by atoms with Crippen LogP contribution in [-0.4, -0.2) is 9.91 Å². The maximum Gasteiger partial charge on any atom is 0.311 e. The second kappa shape index (κ2) is 5.16. The van der Waals surface area contributed by atoms with Gasteiger partial charge in [0.15, 0.2) is 11.6 Å². The van der Waals surface area contributed by atoms with Crippen LogP contribution < -0.4 is 4.74 Å². The second-order valence-corrected chi connectivity index (χ2v) is 3.88. The average molecular weight is 284 g/mol. The molecule has 5 nitrogen and oxygen atoms in total. The van der Waals surface area contributed by atoms with Crippen LogP contribution in [0.3, 0.4) is 0 Å². The minimum absolute atomic E-state index is 0.248. The van der Waals surface area contributed by atoms with Gasteiger partial charge >= 0.3 is 5.69 Å². The summed E-state index contributed by atoms with van der Waals surface area (Å²) in [5, 5.41) is 10.8. The number of aryl methyl sites for hydroxylation is 1. The van der Waals surface area contributed by atoms with Crippen molar-refractivity contribution in [3.05, 3.63) is 57.5 Å². The number of aromatic nitrogens is 1. The largest absolute Gasteiger partial charge is 0.429 e. The molecule has 0 aliphatic heterocycles. The maximum atomic E-state index is 13.4. The average Bonchev–Trinajstić information content (AvgIpc) is 2.37. The van der Waals surface area contributed by atoms with Crippen molar-refractivity contribution >= 4 is 5.69 Å². The summed E-state index contributed by atoms with van der Waals surface area (Å²) in [5.74, 6) is -5.50. The molecule has 0 saturated carbocycles. The van der Waals surface area contributed by atoms with Gasteiger partial charge in [0.2, 0.25) is 5.75 Å². The van der Waals surface area contributed by atoms with E-state index in [2.05, 4.69) is 4.98 Å². The second-order valence-electron chi connectivity index (χ2n) is 3.88. The Morgan fingerprint density at radius 3 is 2.55 bits per heavy atom. The fourth-order valence-electron chi connectivity index (χ4n) is 1.46. The van der Waals surface area contributed by atoms with Crippen molar-refractivity contribution in [1.29, 1.82) is 0 Å². The Balaban J connectivity index is 2.45. The molecule has 2 rings (SSSR count). The van der Waals surface area contributed by atoms with Crippen LogP contribution in [0, 0.1) is 34.6 Å². The van der Waals surface area contributed by atoms with E-state index in [-0.39, 0.29) is 11.8 Å². The van der Waals surface area contributed by atoms with Crippen molar-refractivity contribution in [1.82, 2.24) is 4.98 Å². The highest BCUT2D eigenvalue weighted by molar-refractivity contribution is 5.49. The summed E-state index contributed by atoms with van der Waals surface area (Å²) in [5.41, 5.74) is 0.152. The van der Waals surface area contributed by atoms with E-state index < -0.39 is 34.1 Å². The molecule has 1 aromatic heterocycles. The van der Waals surface area contributed by atoms with Gasteiger partial charge in [0.1, 0.15) is 0 Å². The predicted molar refractivity (Wildman–Crippen MR) is 62.0 cm³/mol. The lowest BCUT2D eigenvalue weighted by molar-refractivity contribution is -0.385. The Bertz CT molecular complexity index is 692. The summed E-state index contributed by atoms with van der Waals surface area (Å²) in [7, 11) is 0. The SMILES string of the molecule is Cc1ccc(Oc2nc(F)c(F)cc2F)c([N+](=O)[O-])c1. The van der Waals surface area contributed by atoms with Crippen LogP contribution >= 0.6 is 0 Å². The fraction of sp³-hybridized carbons (Fsp3) is 0.0833. The van der Waals surface area contributed by atoms with Gasteiger partial charge in [0.25, 0.3) is 11.8 Å². The zero-order valence-corrected chi connectivity index (χ0v) is 10.1. The zero-order valence-electron chi connectivity index (χ0n) is 10.1. The van der Waals surface area contributed by atoms with Crippen LogP contribution in [0.5, 0.6) is 11.6 Å². The van der Waals surface area contributed by atoms with Crippen molar-refractivity contribution in [2.75, 3.05) is 0 Å². The van der Waals surface area contributed by atoms with Crippen LogP contribution in [0.1, 0.15) is 5.56 Å². The first kappa shape index (κ1) is 13.8. The predicted octanol–water partition coefficient (Wildman–Crippen LogP) is 3.51. The summed E-state index contributed by atoms with van der Waals surface area (Å²) in [6.45, 7) is 1.62. The summed E-state index contributed by atoms with van der Waals surface area (Å²) >= 11 is 0. The van der Waals surface area contributed by atoms with Gasteiger partial charge in [-0.25, -0.2) is 8.78 Å². The first-order valence-electron chi connectivity index (χ1n) is 5.33. The summed E-state index contributed by atoms with van der Waals surface area (Å²) in [6, 6.07) is 4.15. The molecule has 1 heterocycles. The molecular formula is C12H7F3N2O3. The van der Waals surface area contributed by atoms with Crippen LogP contribution in [0.15, 0.2) is 24.3 Å². The lowest BCUT2D eigenvalue weighted by Gasteiger charge is -2.07. The third-order valence-corrected chi connectivity index (χ3v) is 2.37. The smallest absolute Gasteiger partial charge is 0.311 e. The molecule has 1 aromatic carbocycles. The number of nitrogens with zero attached hydrogens (tertiary/aromatic N) is 2. The van der Waals surface area contributed by atoms with Gasteiger partial charge in [-0.05, 0) is 18.6 Å². The normalized spacial score (nSPS) is 10.4. The molecule has 0 amide bonds. The van der Waals surface area contributed by atoms with Gasteiger partial charge in [-0.3, -0.25) is 10.1 Å². The molecule has 0 aliphatic carbocycles. The minimum atomic E-state index is -1.56. The number of hydrogen-bond acceptors (Lipinski definition) is 4. The number of nitro groups is 1. The molecule has 0 fully saturated rings. The number of rotatable bonds is 3. The van der Waals surface area contributed by atoms with E-state index in [4.69, 9.17) is 4.74 Å². The van der Waals surface area contributed by atoms with Crippen molar-refractivity contribution in [2.45, 2.75) is 6.92 Å². The third kappa shape index (κ3) is 2.68. The molecule has 104 valence electrons. The minimum Gasteiger partial charge on any atom is -0.429 e. The highest BCUT2D eigenvalue weighted by atomic mass is 19.2. The van der Waals surface area contributed by atoms with Gasteiger partial charge in [0, 0.05) is 12.1 Å². The number of nitro benzene ring substituents is 1. The molecule has 8 heteroatoms. The Morgan fingerprint density at radius 1 is 1.20 bits per heavy atom. The molecule has 0 spiro atoms. The molecule has 0 bridgehead atoms. The zero-order chi connectivity index (χ0) is 14.9. The van der Waals surface area contributed by atoms with Crippen molar-refractivity contribution in [3.8, 4) is 11.6 Å². The highest BCUT2D eigenvalue weighted by Crippen LogP contribution is 2.32. The molecule has 0 atom stereocenters. The number of halogens is 3. The lowest BCUT2D eigenvalue weighted by Crippen LogP contribution is -2.00. The van der Waals surface area contributed by atoms with Gasteiger partial charge in [-0.1, -0.05) is 6.07 Å². The van der Waals surface area contributed by atoms with Crippen LogP contribution in [-0.2, 0) is 0 Å². The number of hydrogen-bond donors (Lipinski definition) is 0. The van der Waals surface area contributed by atoms with E-state index in [1.165, 1.54) is 18.2 Å². The van der Waals surface area contributed by atoms with E-state index in [0.717, 1.165) is 0 Å². The Labute approximate surface area is 110 Å². The topological polar surface area (TPSA) is 65.3 Å². The first-order chi connectivity index (χ1) is 9.38. The van der Waals surface area contributed by atoms with Crippen LogP contribution in [0.25, 0.3) is 0 Å². The quantitative estimate of drug-likeness (QED) is 0.491. The van der Waals surface area contributed by atoms with E-state index in [0.29, 0.717) is 5.56 Å². The standard InChI is InChI=1S/C12H7F3N2O3/c1-6-2-3-10(9(4-6)17(18)19)20-12-8(14)5-7(13)11(15)16-12/h2-5H,1H3. The lowest BCUT2D eigenvalue weighted by atomic mass is 10.2. The molecule has 0 unspecified atom stereocenters. The summed E-state index contributed by atoms with van der Waals surface area (Å²) in [6.07, 6.45) is 0. The molecule has 0 radical (unpaired) electrons. The van der Waals surface area contributed by atoms with E-state index in [1.807, 2.05) is 0 Å². The van der Waals surface area contributed by atoms with Gasteiger partial charge in [0.05, 0.1) is 4.92 Å². The molecule has 0 saturated heterocycles. The van der Waals surface area contributed by atoms with E-state index >= 15 is 0 Å². The molecule has 0 aliphatic rings. The summed E-state index contributed by atoms with van der Waals surface area (Å²) < 4.78 is 43.9. The monoisotopic (exact) mass is 284 g/mol. The van der Waals surface area contributed by atoms with E-state index in [1.54, 1.807) is 6.92 Å². The molecular weight excluding hydrogens is 277 g/mol. The van der Waals surface area contributed by atoms with Crippen molar-refractivity contribution < 1.29 is 22.8 Å². The summed E-state index contributed by atoms with van der Waals surface area (Å²) in [4.78, 5) is 13.0. The maximum absolute atomic E-state index is 13.4. The fourth-order valence-corrected chi connectivity index (χ4v) is 1.46. The Kier molecular flexibility index (Phi) is 3.55. The molecule has 2 aromatic rings. The number of benzene rings is 1. The number of ether oxygens (including phenoxy) is 1. The molecule has 0 N–H and O–H groups in total. The van der Waals surface area contributed by atoms with Crippen LogP contribution in [0.2, 0.25) is 0 Å². The third-order valence-electron chi connectivity index (χ3n) is 2.37. The van der Waals surface area contributed by atoms with E-state index in [9.17, 15) is 23.3 Å². The van der Waals surface area contributed by atoms with Crippen molar-refractivity contribution in [3.63, 3.8) is 0 Å². The first-order valence-corrected chi connectivity index (χ1v) is 5.33. The molecule has 20 heavy (non-hydrogen) atoms. The van der Waals surface area contributed by atoms with Gasteiger partial charge in [-0.15, -0.1) is 0 Å². The van der Waals surface area contributed by atoms with Gasteiger partial charge in [-0.2, -0.15) is 9.37 Å². The van der Waals surface area contributed by atoms with Crippen LogP contribution in [0.4, 0.5) is 18.9 Å². The Hall–Kier alpha value is -2.64. The van der Waals surface area contributed by atoms with Gasteiger partial charge < -0.3 is 4.74 Å².